The number of hydrogen-bond donors (Lipinski definition) is 1. The summed E-state index contributed by atoms with van der Waals surface area (Å²) in [6.45, 7) is 5.18. The van der Waals surface area contributed by atoms with Crippen LogP contribution in [0.1, 0.15) is 39.5 Å². The van der Waals surface area contributed by atoms with E-state index in [-0.39, 0.29) is 5.69 Å². The van der Waals surface area contributed by atoms with E-state index < -0.39 is 4.92 Å². The molecule has 6 nitrogen and oxygen atoms in total. The van der Waals surface area contributed by atoms with Gasteiger partial charge in [0.15, 0.2) is 5.58 Å². The number of rotatable bonds is 8. The average Bonchev–Trinajstić information content (AvgIpc) is 2.89. The zero-order chi connectivity index (χ0) is 15.2. The van der Waals surface area contributed by atoms with Gasteiger partial charge in [0.2, 0.25) is 0 Å². The summed E-state index contributed by atoms with van der Waals surface area (Å²) in [5, 5.41) is 13.9. The predicted molar refractivity (Wildman–Crippen MR) is 82.5 cm³/mol. The number of aromatic nitrogens is 1. The molecule has 0 amide bonds. The molecule has 1 atom stereocenters. The number of nitrogens with zero attached hydrogens (tertiary/aromatic N) is 2. The molecule has 1 aromatic heterocycles. The van der Waals surface area contributed by atoms with E-state index in [1.165, 1.54) is 31.4 Å². The van der Waals surface area contributed by atoms with Gasteiger partial charge >= 0.3 is 0 Å². The Balaban J connectivity index is 2.03. The van der Waals surface area contributed by atoms with Crippen LogP contribution in [-0.4, -0.2) is 16.5 Å². The minimum Gasteiger partial charge on any atom is -0.424 e. The lowest BCUT2D eigenvalue weighted by atomic mass is 9.99. The van der Waals surface area contributed by atoms with Crippen molar-refractivity contribution in [1.82, 2.24) is 4.98 Å². The van der Waals surface area contributed by atoms with Crippen molar-refractivity contribution in [3.8, 4) is 0 Å². The third-order valence-corrected chi connectivity index (χ3v) is 3.67. The Bertz CT molecular complexity index is 609. The highest BCUT2D eigenvalue weighted by atomic mass is 16.6. The molecule has 0 radical (unpaired) electrons. The monoisotopic (exact) mass is 291 g/mol. The molecule has 1 unspecified atom stereocenters. The van der Waals surface area contributed by atoms with Crippen molar-refractivity contribution in [2.75, 3.05) is 11.9 Å². The summed E-state index contributed by atoms with van der Waals surface area (Å²) < 4.78 is 5.56. The van der Waals surface area contributed by atoms with Crippen LogP contribution in [0.2, 0.25) is 0 Å². The molecule has 21 heavy (non-hydrogen) atoms. The van der Waals surface area contributed by atoms with Gasteiger partial charge in [-0.1, -0.05) is 33.1 Å². The Morgan fingerprint density at radius 2 is 2.24 bits per heavy atom. The van der Waals surface area contributed by atoms with Crippen LogP contribution in [0, 0.1) is 16.0 Å². The van der Waals surface area contributed by atoms with Gasteiger partial charge in [-0.15, -0.1) is 0 Å². The molecule has 2 aromatic rings. The molecule has 0 aliphatic rings. The predicted octanol–water partition coefficient (Wildman–Crippen LogP) is 4.36. The highest BCUT2D eigenvalue weighted by molar-refractivity contribution is 5.77. The SMILES string of the molecule is CCCCC(CC)CNc1nc2cc([N+](=O)[O-])ccc2o1. The smallest absolute Gasteiger partial charge is 0.295 e. The summed E-state index contributed by atoms with van der Waals surface area (Å²) in [5.74, 6) is 0.592. The van der Waals surface area contributed by atoms with Crippen molar-refractivity contribution in [3.05, 3.63) is 28.3 Å². The van der Waals surface area contributed by atoms with Gasteiger partial charge in [-0.25, -0.2) is 0 Å². The van der Waals surface area contributed by atoms with Crippen LogP contribution in [0.4, 0.5) is 11.7 Å². The summed E-state index contributed by atoms with van der Waals surface area (Å²) in [4.78, 5) is 14.6. The minimum atomic E-state index is -0.431. The Labute approximate surface area is 123 Å². The van der Waals surface area contributed by atoms with E-state index in [1.54, 1.807) is 6.07 Å². The van der Waals surface area contributed by atoms with E-state index in [0.717, 1.165) is 13.0 Å². The quantitative estimate of drug-likeness (QED) is 0.577. The normalized spacial score (nSPS) is 12.5. The molecule has 0 aliphatic heterocycles. The number of nitro benzene ring substituents is 1. The van der Waals surface area contributed by atoms with Crippen LogP contribution in [0.5, 0.6) is 0 Å². The molecule has 0 spiro atoms. The molecule has 1 heterocycles. The number of non-ortho nitro benzene ring substituents is 1. The maximum Gasteiger partial charge on any atom is 0.295 e. The lowest BCUT2D eigenvalue weighted by molar-refractivity contribution is -0.384. The van der Waals surface area contributed by atoms with E-state index in [0.29, 0.717) is 23.0 Å². The van der Waals surface area contributed by atoms with Gasteiger partial charge < -0.3 is 9.73 Å². The minimum absolute atomic E-state index is 0.0248. The lowest BCUT2D eigenvalue weighted by Gasteiger charge is -2.13. The lowest BCUT2D eigenvalue weighted by Crippen LogP contribution is -2.13. The van der Waals surface area contributed by atoms with Crippen LogP contribution >= 0.6 is 0 Å². The molecule has 0 fully saturated rings. The van der Waals surface area contributed by atoms with Gasteiger partial charge in [0.25, 0.3) is 11.7 Å². The van der Waals surface area contributed by atoms with Gasteiger partial charge in [-0.05, 0) is 18.4 Å². The largest absolute Gasteiger partial charge is 0.424 e. The van der Waals surface area contributed by atoms with Crippen molar-refractivity contribution in [2.24, 2.45) is 5.92 Å². The van der Waals surface area contributed by atoms with Gasteiger partial charge in [0.05, 0.1) is 4.92 Å². The van der Waals surface area contributed by atoms with Crippen LogP contribution in [0.15, 0.2) is 22.6 Å². The summed E-state index contributed by atoms with van der Waals surface area (Å²) in [5.41, 5.74) is 1.09. The maximum absolute atomic E-state index is 10.7. The van der Waals surface area contributed by atoms with Gasteiger partial charge in [-0.2, -0.15) is 4.98 Å². The number of nitrogens with one attached hydrogen (secondary N) is 1. The fraction of sp³-hybridized carbons (Fsp3) is 0.533. The van der Waals surface area contributed by atoms with Crippen LogP contribution in [0.25, 0.3) is 11.1 Å². The van der Waals surface area contributed by atoms with Crippen molar-refractivity contribution in [1.29, 1.82) is 0 Å². The third kappa shape index (κ3) is 3.93. The van der Waals surface area contributed by atoms with Crippen LogP contribution in [-0.2, 0) is 0 Å². The van der Waals surface area contributed by atoms with Crippen LogP contribution in [0.3, 0.4) is 0 Å². The summed E-state index contributed by atoms with van der Waals surface area (Å²) >= 11 is 0. The molecule has 0 saturated heterocycles. The topological polar surface area (TPSA) is 81.2 Å². The van der Waals surface area contributed by atoms with E-state index in [2.05, 4.69) is 24.1 Å². The fourth-order valence-corrected chi connectivity index (χ4v) is 2.28. The molecule has 0 saturated carbocycles. The molecule has 0 aliphatic carbocycles. The number of anilines is 1. The number of nitro groups is 1. The summed E-state index contributed by atoms with van der Waals surface area (Å²) in [7, 11) is 0. The highest BCUT2D eigenvalue weighted by Crippen LogP contribution is 2.24. The zero-order valence-electron chi connectivity index (χ0n) is 12.5. The molecule has 2 rings (SSSR count). The molecule has 1 N–H and O–H groups in total. The second kappa shape index (κ2) is 7.06. The third-order valence-electron chi connectivity index (χ3n) is 3.67. The molecule has 0 bridgehead atoms. The summed E-state index contributed by atoms with van der Waals surface area (Å²) in [6, 6.07) is 4.87. The molecule has 114 valence electrons. The number of unbranched alkanes of at least 4 members (excludes halogenated alkanes) is 1. The first-order valence-electron chi connectivity index (χ1n) is 7.42. The number of fused-ring (bicyclic) bond motifs is 1. The first kappa shape index (κ1) is 15.3. The summed E-state index contributed by atoms with van der Waals surface area (Å²) in [6.07, 6.45) is 4.72. The standard InChI is InChI=1S/C15H21N3O3/c1-3-5-6-11(4-2)10-16-15-17-13-9-12(18(19)20)7-8-14(13)21-15/h7-9,11H,3-6,10H2,1-2H3,(H,16,17). The Morgan fingerprint density at radius 3 is 2.90 bits per heavy atom. The molecule has 6 heteroatoms. The molecular formula is C15H21N3O3. The van der Waals surface area contributed by atoms with Gasteiger partial charge in [-0.3, -0.25) is 10.1 Å². The van der Waals surface area contributed by atoms with Crippen molar-refractivity contribution >= 4 is 22.8 Å². The second-order valence-corrected chi connectivity index (χ2v) is 5.23. The van der Waals surface area contributed by atoms with E-state index in [4.69, 9.17) is 4.42 Å². The van der Waals surface area contributed by atoms with Gasteiger partial charge in [0.1, 0.15) is 5.52 Å². The fourth-order valence-electron chi connectivity index (χ4n) is 2.28. The number of hydrogen-bond acceptors (Lipinski definition) is 5. The maximum atomic E-state index is 10.7. The zero-order valence-corrected chi connectivity index (χ0v) is 12.5. The first-order chi connectivity index (χ1) is 10.1. The van der Waals surface area contributed by atoms with Crippen LogP contribution < -0.4 is 5.32 Å². The van der Waals surface area contributed by atoms with E-state index in [9.17, 15) is 10.1 Å². The average molecular weight is 291 g/mol. The van der Waals surface area contributed by atoms with Crippen molar-refractivity contribution < 1.29 is 9.34 Å². The second-order valence-electron chi connectivity index (χ2n) is 5.23. The molecular weight excluding hydrogens is 270 g/mol. The molecule has 1 aromatic carbocycles. The Hall–Kier alpha value is -2.11. The number of oxazole rings is 1. The van der Waals surface area contributed by atoms with Crippen molar-refractivity contribution in [2.45, 2.75) is 39.5 Å². The van der Waals surface area contributed by atoms with Crippen molar-refractivity contribution in [3.63, 3.8) is 0 Å². The Kier molecular flexibility index (Phi) is 5.14. The highest BCUT2D eigenvalue weighted by Gasteiger charge is 2.12. The Morgan fingerprint density at radius 1 is 1.43 bits per heavy atom. The number of benzene rings is 1. The van der Waals surface area contributed by atoms with Gasteiger partial charge in [0, 0.05) is 18.7 Å². The van der Waals surface area contributed by atoms with E-state index >= 15 is 0 Å². The van der Waals surface area contributed by atoms with E-state index in [1.807, 2.05) is 0 Å². The first-order valence-corrected chi connectivity index (χ1v) is 7.42.